The van der Waals surface area contributed by atoms with Gasteiger partial charge in [0.2, 0.25) is 10.0 Å². The summed E-state index contributed by atoms with van der Waals surface area (Å²) < 4.78 is 25.8. The first-order chi connectivity index (χ1) is 8.89. The summed E-state index contributed by atoms with van der Waals surface area (Å²) >= 11 is 0. The molecule has 0 fully saturated rings. The van der Waals surface area contributed by atoms with Gasteiger partial charge in [0.25, 0.3) is 0 Å². The number of aliphatic carboxylic acids is 1. The number of hydrogen-bond donors (Lipinski definition) is 2. The lowest BCUT2D eigenvalue weighted by Gasteiger charge is -2.13. The highest BCUT2D eigenvalue weighted by Crippen LogP contribution is 2.11. The number of sulfonamides is 1. The van der Waals surface area contributed by atoms with Crippen LogP contribution in [0.5, 0.6) is 0 Å². The van der Waals surface area contributed by atoms with Crippen LogP contribution in [0.2, 0.25) is 0 Å². The van der Waals surface area contributed by atoms with Gasteiger partial charge in [0.1, 0.15) is 6.04 Å². The summed E-state index contributed by atoms with van der Waals surface area (Å²) in [5.74, 6) is -1.64. The SMILES string of the molecule is CC[C@H](NS(=O)(=O)Cc1ccccc1C#N)C(=O)O. The van der Waals surface area contributed by atoms with Gasteiger partial charge in [0.05, 0.1) is 17.4 Å². The van der Waals surface area contributed by atoms with Gasteiger partial charge in [-0.25, -0.2) is 13.1 Å². The van der Waals surface area contributed by atoms with E-state index in [1.165, 1.54) is 12.1 Å². The number of rotatable bonds is 6. The molecule has 7 heteroatoms. The molecule has 0 aliphatic rings. The zero-order valence-corrected chi connectivity index (χ0v) is 11.1. The standard InChI is InChI=1S/C12H14N2O4S/c1-2-11(12(15)16)14-19(17,18)8-10-6-4-3-5-9(10)7-13/h3-6,11,14H,2,8H2,1H3,(H,15,16)/t11-/m0/s1. The fourth-order valence-electron chi connectivity index (χ4n) is 1.53. The van der Waals surface area contributed by atoms with E-state index in [1.807, 2.05) is 6.07 Å². The van der Waals surface area contributed by atoms with Crippen molar-refractivity contribution in [2.45, 2.75) is 25.1 Å². The van der Waals surface area contributed by atoms with Gasteiger partial charge in [-0.15, -0.1) is 0 Å². The Hall–Kier alpha value is -1.91. The predicted octanol–water partition coefficient (Wildman–Crippen LogP) is 0.841. The second-order valence-corrected chi connectivity index (χ2v) is 5.70. The molecule has 102 valence electrons. The number of nitriles is 1. The Balaban J connectivity index is 2.92. The van der Waals surface area contributed by atoms with Crippen LogP contribution in [0.4, 0.5) is 0 Å². The topological polar surface area (TPSA) is 107 Å². The maximum atomic E-state index is 11.9. The van der Waals surface area contributed by atoms with Crippen LogP contribution in [-0.2, 0) is 20.6 Å². The van der Waals surface area contributed by atoms with E-state index >= 15 is 0 Å². The molecule has 6 nitrogen and oxygen atoms in total. The van der Waals surface area contributed by atoms with Gasteiger partial charge in [0, 0.05) is 0 Å². The van der Waals surface area contributed by atoms with Gasteiger partial charge in [-0.1, -0.05) is 25.1 Å². The van der Waals surface area contributed by atoms with Crippen molar-refractivity contribution < 1.29 is 18.3 Å². The molecule has 0 unspecified atom stereocenters. The first kappa shape index (κ1) is 15.1. The van der Waals surface area contributed by atoms with Crippen LogP contribution in [-0.4, -0.2) is 25.5 Å². The van der Waals surface area contributed by atoms with Gasteiger partial charge in [-0.3, -0.25) is 4.79 Å². The average Bonchev–Trinajstić information content (AvgIpc) is 2.36. The monoisotopic (exact) mass is 282 g/mol. The molecule has 0 aliphatic heterocycles. The molecule has 0 radical (unpaired) electrons. The maximum absolute atomic E-state index is 11.9. The second kappa shape index (κ2) is 6.31. The number of benzene rings is 1. The van der Waals surface area contributed by atoms with Crippen LogP contribution in [0.1, 0.15) is 24.5 Å². The molecule has 0 spiro atoms. The summed E-state index contributed by atoms with van der Waals surface area (Å²) in [6.45, 7) is 1.57. The third-order valence-corrected chi connectivity index (χ3v) is 3.85. The predicted molar refractivity (Wildman–Crippen MR) is 68.6 cm³/mol. The minimum atomic E-state index is -3.81. The summed E-state index contributed by atoms with van der Waals surface area (Å²) in [7, 11) is -3.81. The minimum Gasteiger partial charge on any atom is -0.480 e. The summed E-state index contributed by atoms with van der Waals surface area (Å²) in [6.07, 6.45) is 0.147. The third-order valence-electron chi connectivity index (χ3n) is 2.51. The molecule has 0 saturated carbocycles. The average molecular weight is 282 g/mol. The summed E-state index contributed by atoms with van der Waals surface area (Å²) in [6, 6.07) is 7.05. The minimum absolute atomic E-state index is 0.147. The quantitative estimate of drug-likeness (QED) is 0.804. The molecular weight excluding hydrogens is 268 g/mol. The first-order valence-electron chi connectivity index (χ1n) is 5.60. The van der Waals surface area contributed by atoms with Crippen molar-refractivity contribution >= 4 is 16.0 Å². The third kappa shape index (κ3) is 4.35. The van der Waals surface area contributed by atoms with Crippen LogP contribution in [0.25, 0.3) is 0 Å². The molecule has 1 atom stereocenters. The van der Waals surface area contributed by atoms with Crippen LogP contribution >= 0.6 is 0 Å². The number of carboxylic acid groups (broad SMARTS) is 1. The van der Waals surface area contributed by atoms with E-state index in [-0.39, 0.29) is 12.0 Å². The fraction of sp³-hybridized carbons (Fsp3) is 0.333. The molecule has 0 aromatic heterocycles. The molecule has 1 aromatic carbocycles. The Morgan fingerprint density at radius 1 is 1.47 bits per heavy atom. The summed E-state index contributed by atoms with van der Waals surface area (Å²) in [5.41, 5.74) is 0.606. The Morgan fingerprint density at radius 3 is 2.63 bits per heavy atom. The molecule has 19 heavy (non-hydrogen) atoms. The van der Waals surface area contributed by atoms with E-state index in [4.69, 9.17) is 10.4 Å². The Labute approximate surface area is 111 Å². The van der Waals surface area contributed by atoms with E-state index in [9.17, 15) is 13.2 Å². The molecule has 0 heterocycles. The summed E-state index contributed by atoms with van der Waals surface area (Å²) in [4.78, 5) is 10.8. The highest BCUT2D eigenvalue weighted by Gasteiger charge is 2.23. The van der Waals surface area contributed by atoms with E-state index in [0.717, 1.165) is 0 Å². The molecular formula is C12H14N2O4S. The molecule has 1 rings (SSSR count). The van der Waals surface area contributed by atoms with Gasteiger partial charge in [-0.2, -0.15) is 5.26 Å². The highest BCUT2D eigenvalue weighted by atomic mass is 32.2. The first-order valence-corrected chi connectivity index (χ1v) is 7.25. The lowest BCUT2D eigenvalue weighted by Crippen LogP contribution is -2.40. The van der Waals surface area contributed by atoms with E-state index in [2.05, 4.69) is 4.72 Å². The van der Waals surface area contributed by atoms with Crippen LogP contribution in [0, 0.1) is 11.3 Å². The molecule has 0 amide bonds. The molecule has 0 saturated heterocycles. The van der Waals surface area contributed by atoms with Gasteiger partial charge in [-0.05, 0) is 18.1 Å². The Morgan fingerprint density at radius 2 is 2.11 bits per heavy atom. The van der Waals surface area contributed by atoms with E-state index in [0.29, 0.717) is 5.56 Å². The zero-order valence-electron chi connectivity index (χ0n) is 10.3. The number of hydrogen-bond acceptors (Lipinski definition) is 4. The van der Waals surface area contributed by atoms with Crippen molar-refractivity contribution in [1.82, 2.24) is 4.72 Å². The maximum Gasteiger partial charge on any atom is 0.321 e. The number of carbonyl (C=O) groups is 1. The fourth-order valence-corrected chi connectivity index (χ4v) is 2.97. The van der Waals surface area contributed by atoms with Crippen LogP contribution < -0.4 is 4.72 Å². The van der Waals surface area contributed by atoms with E-state index in [1.54, 1.807) is 19.1 Å². The van der Waals surface area contributed by atoms with Crippen molar-refractivity contribution in [2.75, 3.05) is 0 Å². The largest absolute Gasteiger partial charge is 0.480 e. The van der Waals surface area contributed by atoms with Crippen molar-refractivity contribution in [1.29, 1.82) is 5.26 Å². The second-order valence-electron chi connectivity index (χ2n) is 3.94. The van der Waals surface area contributed by atoms with E-state index < -0.39 is 27.8 Å². The molecule has 0 bridgehead atoms. The molecule has 0 aliphatic carbocycles. The normalized spacial score (nSPS) is 12.6. The van der Waals surface area contributed by atoms with Crippen molar-refractivity contribution in [3.05, 3.63) is 35.4 Å². The lowest BCUT2D eigenvalue weighted by molar-refractivity contribution is -0.139. The van der Waals surface area contributed by atoms with Gasteiger partial charge in [0.15, 0.2) is 0 Å². The van der Waals surface area contributed by atoms with Crippen LogP contribution in [0.15, 0.2) is 24.3 Å². The van der Waals surface area contributed by atoms with Crippen LogP contribution in [0.3, 0.4) is 0 Å². The summed E-state index contributed by atoms with van der Waals surface area (Å²) in [5, 5.41) is 17.7. The Bertz CT molecular complexity index is 604. The molecule has 1 aromatic rings. The van der Waals surface area contributed by atoms with Crippen molar-refractivity contribution in [2.24, 2.45) is 0 Å². The molecule has 2 N–H and O–H groups in total. The highest BCUT2D eigenvalue weighted by molar-refractivity contribution is 7.88. The number of nitrogens with zero attached hydrogens (tertiary/aromatic N) is 1. The van der Waals surface area contributed by atoms with Gasteiger partial charge >= 0.3 is 5.97 Å². The smallest absolute Gasteiger partial charge is 0.321 e. The van der Waals surface area contributed by atoms with Crippen molar-refractivity contribution in [3.63, 3.8) is 0 Å². The Kier molecular flexibility index (Phi) is 5.03. The zero-order chi connectivity index (χ0) is 14.5. The van der Waals surface area contributed by atoms with Crippen molar-refractivity contribution in [3.8, 4) is 6.07 Å². The lowest BCUT2D eigenvalue weighted by atomic mass is 10.1. The number of nitrogens with one attached hydrogen (secondary N) is 1. The number of carboxylic acids is 1. The van der Waals surface area contributed by atoms with Gasteiger partial charge < -0.3 is 5.11 Å².